The summed E-state index contributed by atoms with van der Waals surface area (Å²) in [5.41, 5.74) is 2.95. The van der Waals surface area contributed by atoms with Crippen molar-refractivity contribution >= 4 is 27.5 Å². The minimum atomic E-state index is -0.471. The first-order valence-electron chi connectivity index (χ1n) is 9.00. The molecule has 0 saturated carbocycles. The molecular formula is C20H18FN5S. The molecule has 4 aromatic heterocycles. The first-order chi connectivity index (χ1) is 13.2. The van der Waals surface area contributed by atoms with E-state index in [-0.39, 0.29) is 0 Å². The van der Waals surface area contributed by atoms with Crippen LogP contribution in [0.4, 0.5) is 10.2 Å². The third-order valence-electron chi connectivity index (χ3n) is 4.95. The van der Waals surface area contributed by atoms with Gasteiger partial charge < -0.3 is 9.47 Å². The quantitative estimate of drug-likeness (QED) is 0.492. The van der Waals surface area contributed by atoms with Crippen molar-refractivity contribution < 1.29 is 4.39 Å². The van der Waals surface area contributed by atoms with Crippen LogP contribution in [-0.2, 0) is 7.05 Å². The van der Waals surface area contributed by atoms with Gasteiger partial charge >= 0.3 is 0 Å². The monoisotopic (exact) mass is 379 g/mol. The van der Waals surface area contributed by atoms with Crippen LogP contribution in [0, 0.1) is 5.95 Å². The molecule has 4 aromatic rings. The van der Waals surface area contributed by atoms with E-state index in [0.29, 0.717) is 22.0 Å². The molecule has 1 saturated heterocycles. The van der Waals surface area contributed by atoms with Gasteiger partial charge in [-0.05, 0) is 49.2 Å². The number of aromatic nitrogens is 4. The summed E-state index contributed by atoms with van der Waals surface area (Å²) in [5, 5.41) is 0.611. The Bertz CT molecular complexity index is 1130. The summed E-state index contributed by atoms with van der Waals surface area (Å²) in [7, 11) is 1.98. The first-order valence-corrected chi connectivity index (χ1v) is 9.82. The Hall–Kier alpha value is -2.80. The molecule has 0 radical (unpaired) electrons. The Balaban J connectivity index is 1.52. The maximum Gasteiger partial charge on any atom is 0.225 e. The van der Waals surface area contributed by atoms with E-state index >= 15 is 0 Å². The van der Waals surface area contributed by atoms with Gasteiger partial charge in [0.2, 0.25) is 5.95 Å². The zero-order chi connectivity index (χ0) is 18.4. The average Bonchev–Trinajstić information content (AvgIpc) is 3.41. The fourth-order valence-electron chi connectivity index (χ4n) is 3.51. The second kappa shape index (κ2) is 6.42. The molecular weight excluding hydrogens is 361 g/mol. The van der Waals surface area contributed by atoms with E-state index in [1.807, 2.05) is 48.1 Å². The van der Waals surface area contributed by atoms with Crippen LogP contribution in [0.15, 0.2) is 42.6 Å². The second-order valence-electron chi connectivity index (χ2n) is 6.74. The van der Waals surface area contributed by atoms with Crippen molar-refractivity contribution in [3.05, 3.63) is 48.5 Å². The largest absolute Gasteiger partial charge is 0.357 e. The highest BCUT2D eigenvalue weighted by atomic mass is 32.1. The molecule has 0 amide bonds. The SMILES string of the molecule is Cn1cccc1-c1ccc2sc(-c3ccc(N4CCCC4)nc3F)nc2n1. The normalized spacial score (nSPS) is 14.4. The third-order valence-corrected chi connectivity index (χ3v) is 6.00. The highest BCUT2D eigenvalue weighted by molar-refractivity contribution is 7.21. The molecule has 1 aliphatic rings. The molecule has 0 spiro atoms. The van der Waals surface area contributed by atoms with Gasteiger partial charge in [0, 0.05) is 26.3 Å². The van der Waals surface area contributed by atoms with E-state index in [1.54, 1.807) is 6.07 Å². The first kappa shape index (κ1) is 16.4. The van der Waals surface area contributed by atoms with Gasteiger partial charge in [-0.1, -0.05) is 0 Å². The number of halogens is 1. The van der Waals surface area contributed by atoms with Crippen LogP contribution in [0.25, 0.3) is 32.3 Å². The Kier molecular flexibility index (Phi) is 3.89. The number of rotatable bonds is 3. The van der Waals surface area contributed by atoms with Crippen molar-refractivity contribution in [3.8, 4) is 22.0 Å². The van der Waals surface area contributed by atoms with Crippen molar-refractivity contribution in [3.63, 3.8) is 0 Å². The lowest BCUT2D eigenvalue weighted by atomic mass is 10.2. The lowest BCUT2D eigenvalue weighted by molar-refractivity contribution is 0.586. The molecule has 1 aliphatic heterocycles. The van der Waals surface area contributed by atoms with Gasteiger partial charge in [0.15, 0.2) is 5.65 Å². The van der Waals surface area contributed by atoms with Crippen LogP contribution in [0.3, 0.4) is 0 Å². The van der Waals surface area contributed by atoms with Crippen LogP contribution in [0.2, 0.25) is 0 Å². The second-order valence-corrected chi connectivity index (χ2v) is 7.77. The Morgan fingerprint density at radius 1 is 1.00 bits per heavy atom. The van der Waals surface area contributed by atoms with Crippen molar-refractivity contribution in [2.45, 2.75) is 12.8 Å². The van der Waals surface area contributed by atoms with Gasteiger partial charge in [0.25, 0.3) is 0 Å². The average molecular weight is 379 g/mol. The highest BCUT2D eigenvalue weighted by Crippen LogP contribution is 2.33. The maximum atomic E-state index is 14.7. The van der Waals surface area contributed by atoms with Crippen molar-refractivity contribution in [1.29, 1.82) is 0 Å². The van der Waals surface area contributed by atoms with Crippen LogP contribution < -0.4 is 4.90 Å². The summed E-state index contributed by atoms with van der Waals surface area (Å²) in [5.74, 6) is 0.236. The van der Waals surface area contributed by atoms with Crippen molar-refractivity contribution in [2.75, 3.05) is 18.0 Å². The predicted molar refractivity (Wildman–Crippen MR) is 106 cm³/mol. The molecule has 27 heavy (non-hydrogen) atoms. The fourth-order valence-corrected chi connectivity index (χ4v) is 4.43. The zero-order valence-corrected chi connectivity index (χ0v) is 15.7. The number of thiazole rings is 1. The van der Waals surface area contributed by atoms with Crippen LogP contribution in [-0.4, -0.2) is 32.6 Å². The molecule has 0 unspecified atom stereocenters. The van der Waals surface area contributed by atoms with Crippen LogP contribution >= 0.6 is 11.3 Å². The zero-order valence-electron chi connectivity index (χ0n) is 14.9. The summed E-state index contributed by atoms with van der Waals surface area (Å²) in [6.45, 7) is 1.89. The van der Waals surface area contributed by atoms with Gasteiger partial charge in [0.1, 0.15) is 10.8 Å². The highest BCUT2D eigenvalue weighted by Gasteiger charge is 2.18. The van der Waals surface area contributed by atoms with Crippen LogP contribution in [0.5, 0.6) is 0 Å². The minimum absolute atomic E-state index is 0.432. The van der Waals surface area contributed by atoms with Gasteiger partial charge in [-0.2, -0.15) is 4.39 Å². The standard InChI is InChI=1S/C20H18FN5S/c1-25-10-4-5-15(25)14-7-8-16-19(22-14)24-20(27-16)13-6-9-17(23-18(13)21)26-11-2-3-12-26/h4-10H,2-3,11-12H2,1H3. The van der Waals surface area contributed by atoms with Crippen molar-refractivity contribution in [2.24, 2.45) is 7.05 Å². The molecule has 1 fully saturated rings. The molecule has 5 rings (SSSR count). The summed E-state index contributed by atoms with van der Waals surface area (Å²) < 4.78 is 17.6. The molecule has 5 nitrogen and oxygen atoms in total. The summed E-state index contributed by atoms with van der Waals surface area (Å²) >= 11 is 1.44. The Morgan fingerprint density at radius 3 is 2.59 bits per heavy atom. The van der Waals surface area contributed by atoms with E-state index in [9.17, 15) is 4.39 Å². The number of anilines is 1. The minimum Gasteiger partial charge on any atom is -0.357 e. The lowest BCUT2D eigenvalue weighted by Gasteiger charge is -2.16. The number of hydrogen-bond acceptors (Lipinski definition) is 5. The van der Waals surface area contributed by atoms with Gasteiger partial charge in [-0.3, -0.25) is 0 Å². The Labute approximate surface area is 160 Å². The molecule has 136 valence electrons. The van der Waals surface area contributed by atoms with Gasteiger partial charge in [-0.25, -0.2) is 15.0 Å². The van der Waals surface area contributed by atoms with Crippen molar-refractivity contribution in [1.82, 2.24) is 19.5 Å². The maximum absolute atomic E-state index is 14.7. The van der Waals surface area contributed by atoms with E-state index in [2.05, 4.69) is 19.9 Å². The Morgan fingerprint density at radius 2 is 1.85 bits per heavy atom. The molecule has 0 bridgehead atoms. The van der Waals surface area contributed by atoms with E-state index in [0.717, 1.165) is 42.0 Å². The lowest BCUT2D eigenvalue weighted by Crippen LogP contribution is -2.19. The molecule has 7 heteroatoms. The summed E-state index contributed by atoms with van der Waals surface area (Å²) in [4.78, 5) is 15.5. The number of fused-ring (bicyclic) bond motifs is 1. The molecule has 5 heterocycles. The predicted octanol–water partition coefficient (Wildman–Crippen LogP) is 4.50. The van der Waals surface area contributed by atoms with Gasteiger partial charge in [0.05, 0.1) is 21.7 Å². The van der Waals surface area contributed by atoms with E-state index < -0.39 is 5.95 Å². The fraction of sp³-hybridized carbons (Fsp3) is 0.250. The number of pyridine rings is 2. The number of nitrogens with zero attached hydrogens (tertiary/aromatic N) is 5. The third kappa shape index (κ3) is 2.88. The molecule has 0 aliphatic carbocycles. The van der Waals surface area contributed by atoms with Crippen LogP contribution in [0.1, 0.15) is 12.8 Å². The topological polar surface area (TPSA) is 46.8 Å². The van der Waals surface area contributed by atoms with E-state index in [4.69, 9.17) is 0 Å². The number of aryl methyl sites for hydroxylation is 1. The van der Waals surface area contributed by atoms with E-state index in [1.165, 1.54) is 11.3 Å². The molecule has 0 atom stereocenters. The molecule has 0 aromatic carbocycles. The summed E-state index contributed by atoms with van der Waals surface area (Å²) in [6, 6.07) is 11.6. The summed E-state index contributed by atoms with van der Waals surface area (Å²) in [6.07, 6.45) is 4.26. The number of hydrogen-bond donors (Lipinski definition) is 0. The molecule has 0 N–H and O–H groups in total. The smallest absolute Gasteiger partial charge is 0.225 e. The van der Waals surface area contributed by atoms with Gasteiger partial charge in [-0.15, -0.1) is 11.3 Å².